The standard InChI is InChI=1S/C23H29ClN2O/c1-3-18-7-9-20(10-8-18)17(2)25-23(27)21-11-13-26(14-12-21)16-19-5-4-6-22(24)15-19/h4-10,15,17,21H,3,11-14,16H2,1-2H3,(H,25,27)/t17-/m0/s1. The molecule has 0 bridgehead atoms. The molecule has 3 rings (SSSR count). The fourth-order valence-corrected chi connectivity index (χ4v) is 3.92. The second-order valence-corrected chi connectivity index (χ2v) is 7.94. The van der Waals surface area contributed by atoms with Gasteiger partial charge in [0.2, 0.25) is 5.91 Å². The molecule has 1 heterocycles. The van der Waals surface area contributed by atoms with Crippen molar-refractivity contribution in [2.24, 2.45) is 5.92 Å². The summed E-state index contributed by atoms with van der Waals surface area (Å²) in [4.78, 5) is 15.1. The van der Waals surface area contributed by atoms with Gasteiger partial charge in [-0.3, -0.25) is 9.69 Å². The molecule has 3 nitrogen and oxygen atoms in total. The number of carbonyl (C=O) groups excluding carboxylic acids is 1. The molecular formula is C23H29ClN2O. The van der Waals surface area contributed by atoms with Gasteiger partial charge in [-0.2, -0.15) is 0 Å². The summed E-state index contributed by atoms with van der Waals surface area (Å²) in [5.74, 6) is 0.294. The molecule has 144 valence electrons. The first-order valence-corrected chi connectivity index (χ1v) is 10.3. The van der Waals surface area contributed by atoms with Crippen LogP contribution in [-0.4, -0.2) is 23.9 Å². The highest BCUT2D eigenvalue weighted by Crippen LogP contribution is 2.22. The molecule has 1 saturated heterocycles. The fraction of sp³-hybridized carbons (Fsp3) is 0.435. The molecular weight excluding hydrogens is 356 g/mol. The number of nitrogens with one attached hydrogen (secondary N) is 1. The molecule has 2 aromatic rings. The minimum Gasteiger partial charge on any atom is -0.349 e. The van der Waals surface area contributed by atoms with Crippen molar-refractivity contribution in [2.45, 2.75) is 45.7 Å². The van der Waals surface area contributed by atoms with Crippen LogP contribution in [0.1, 0.15) is 49.4 Å². The van der Waals surface area contributed by atoms with Crippen LogP contribution < -0.4 is 5.32 Å². The minimum atomic E-state index is 0.0490. The summed E-state index contributed by atoms with van der Waals surface area (Å²) < 4.78 is 0. The third-order valence-corrected chi connectivity index (χ3v) is 5.74. The summed E-state index contributed by atoms with van der Waals surface area (Å²) in [5.41, 5.74) is 3.72. The van der Waals surface area contributed by atoms with E-state index in [-0.39, 0.29) is 17.9 Å². The molecule has 1 fully saturated rings. The molecule has 0 spiro atoms. The lowest BCUT2D eigenvalue weighted by Gasteiger charge is -2.32. The van der Waals surface area contributed by atoms with Crippen molar-refractivity contribution < 1.29 is 4.79 Å². The van der Waals surface area contributed by atoms with Gasteiger partial charge in [0.15, 0.2) is 0 Å². The van der Waals surface area contributed by atoms with Crippen LogP contribution in [-0.2, 0) is 17.8 Å². The van der Waals surface area contributed by atoms with Crippen molar-refractivity contribution in [3.63, 3.8) is 0 Å². The lowest BCUT2D eigenvalue weighted by molar-refractivity contribution is -0.127. The van der Waals surface area contributed by atoms with Crippen LogP contribution in [0.3, 0.4) is 0 Å². The molecule has 0 unspecified atom stereocenters. The number of carbonyl (C=O) groups is 1. The predicted molar refractivity (Wildman–Crippen MR) is 112 cm³/mol. The number of hydrogen-bond donors (Lipinski definition) is 1. The zero-order valence-corrected chi connectivity index (χ0v) is 17.0. The number of hydrogen-bond acceptors (Lipinski definition) is 2. The maximum atomic E-state index is 12.7. The third kappa shape index (κ3) is 5.57. The molecule has 1 atom stereocenters. The van der Waals surface area contributed by atoms with Gasteiger partial charge in [0.05, 0.1) is 6.04 Å². The number of amides is 1. The lowest BCUT2D eigenvalue weighted by Crippen LogP contribution is -2.40. The second-order valence-electron chi connectivity index (χ2n) is 7.51. The first-order valence-electron chi connectivity index (χ1n) is 9.91. The van der Waals surface area contributed by atoms with Crippen molar-refractivity contribution in [1.82, 2.24) is 10.2 Å². The summed E-state index contributed by atoms with van der Waals surface area (Å²) in [6, 6.07) is 16.6. The van der Waals surface area contributed by atoms with Crippen LogP contribution in [0, 0.1) is 5.92 Å². The first kappa shape index (κ1) is 19.9. The Labute approximate surface area is 167 Å². The van der Waals surface area contributed by atoms with Gasteiger partial charge in [-0.25, -0.2) is 0 Å². The van der Waals surface area contributed by atoms with Gasteiger partial charge in [-0.1, -0.05) is 54.9 Å². The summed E-state index contributed by atoms with van der Waals surface area (Å²) in [7, 11) is 0. The normalized spacial score (nSPS) is 16.9. The Morgan fingerprint density at radius 1 is 1.15 bits per heavy atom. The van der Waals surface area contributed by atoms with E-state index in [1.165, 1.54) is 16.7 Å². The molecule has 1 amide bonds. The first-order chi connectivity index (χ1) is 13.0. The zero-order chi connectivity index (χ0) is 19.2. The molecule has 0 aliphatic carbocycles. The molecule has 27 heavy (non-hydrogen) atoms. The largest absolute Gasteiger partial charge is 0.349 e. The van der Waals surface area contributed by atoms with Gasteiger partial charge in [-0.15, -0.1) is 0 Å². The van der Waals surface area contributed by atoms with Crippen LogP contribution in [0.5, 0.6) is 0 Å². The van der Waals surface area contributed by atoms with Crippen molar-refractivity contribution in [3.8, 4) is 0 Å². The van der Waals surface area contributed by atoms with Gasteiger partial charge in [0.25, 0.3) is 0 Å². The number of rotatable bonds is 6. The van der Waals surface area contributed by atoms with Crippen molar-refractivity contribution in [1.29, 1.82) is 0 Å². The fourth-order valence-electron chi connectivity index (χ4n) is 3.70. The number of aryl methyl sites for hydroxylation is 1. The number of nitrogens with zero attached hydrogens (tertiary/aromatic N) is 1. The molecule has 4 heteroatoms. The minimum absolute atomic E-state index is 0.0490. The van der Waals surface area contributed by atoms with Crippen molar-refractivity contribution in [2.75, 3.05) is 13.1 Å². The Morgan fingerprint density at radius 2 is 1.85 bits per heavy atom. The molecule has 2 aromatic carbocycles. The van der Waals surface area contributed by atoms with E-state index >= 15 is 0 Å². The molecule has 0 aromatic heterocycles. The molecule has 0 radical (unpaired) electrons. The van der Waals surface area contributed by atoms with Gasteiger partial charge in [0.1, 0.15) is 0 Å². The highest BCUT2D eigenvalue weighted by atomic mass is 35.5. The third-order valence-electron chi connectivity index (χ3n) is 5.50. The monoisotopic (exact) mass is 384 g/mol. The van der Waals surface area contributed by atoms with Gasteiger partial charge >= 0.3 is 0 Å². The quantitative estimate of drug-likeness (QED) is 0.760. The van der Waals surface area contributed by atoms with Gasteiger partial charge in [0, 0.05) is 17.5 Å². The Balaban J connectivity index is 1.47. The molecule has 1 aliphatic heterocycles. The van der Waals surface area contributed by atoms with Crippen LogP contribution in [0.4, 0.5) is 0 Å². The van der Waals surface area contributed by atoms with E-state index in [2.05, 4.69) is 54.4 Å². The van der Waals surface area contributed by atoms with E-state index < -0.39 is 0 Å². The highest BCUT2D eigenvalue weighted by molar-refractivity contribution is 6.30. The zero-order valence-electron chi connectivity index (χ0n) is 16.2. The SMILES string of the molecule is CCc1ccc([C@H](C)NC(=O)C2CCN(Cc3cccc(Cl)c3)CC2)cc1. The topological polar surface area (TPSA) is 32.3 Å². The lowest BCUT2D eigenvalue weighted by atomic mass is 9.94. The predicted octanol–water partition coefficient (Wildman–Crippen LogP) is 4.99. The molecule has 0 saturated carbocycles. The molecule has 1 N–H and O–H groups in total. The van der Waals surface area contributed by atoms with Crippen molar-refractivity contribution >= 4 is 17.5 Å². The van der Waals surface area contributed by atoms with E-state index in [0.717, 1.165) is 43.9 Å². The average molecular weight is 385 g/mol. The van der Waals surface area contributed by atoms with Crippen molar-refractivity contribution in [3.05, 3.63) is 70.2 Å². The van der Waals surface area contributed by atoms with Crippen LogP contribution in [0.15, 0.2) is 48.5 Å². The highest BCUT2D eigenvalue weighted by Gasteiger charge is 2.26. The van der Waals surface area contributed by atoms with Crippen LogP contribution in [0.2, 0.25) is 5.02 Å². The Kier molecular flexibility index (Phi) is 6.92. The summed E-state index contributed by atoms with van der Waals surface area (Å²) >= 11 is 6.07. The van der Waals surface area contributed by atoms with E-state index in [9.17, 15) is 4.79 Å². The number of likely N-dealkylation sites (tertiary alicyclic amines) is 1. The number of benzene rings is 2. The average Bonchev–Trinajstić information content (AvgIpc) is 2.68. The van der Waals surface area contributed by atoms with Gasteiger partial charge in [-0.05, 0) is 68.1 Å². The number of piperidine rings is 1. The molecule has 1 aliphatic rings. The van der Waals surface area contributed by atoms with Gasteiger partial charge < -0.3 is 5.32 Å². The number of halogens is 1. The summed E-state index contributed by atoms with van der Waals surface area (Å²) in [6.45, 7) is 7.01. The second kappa shape index (κ2) is 9.38. The summed E-state index contributed by atoms with van der Waals surface area (Å²) in [6.07, 6.45) is 2.86. The Morgan fingerprint density at radius 3 is 2.48 bits per heavy atom. The van der Waals surface area contributed by atoms with E-state index in [4.69, 9.17) is 11.6 Å². The summed E-state index contributed by atoms with van der Waals surface area (Å²) in [5, 5.41) is 3.98. The smallest absolute Gasteiger partial charge is 0.223 e. The maximum Gasteiger partial charge on any atom is 0.223 e. The van der Waals surface area contributed by atoms with E-state index in [1.807, 2.05) is 18.2 Å². The Bertz CT molecular complexity index is 751. The van der Waals surface area contributed by atoms with Crippen LogP contribution >= 0.6 is 11.6 Å². The Hall–Kier alpha value is -1.84. The van der Waals surface area contributed by atoms with Crippen LogP contribution in [0.25, 0.3) is 0 Å². The van der Waals surface area contributed by atoms with E-state index in [0.29, 0.717) is 0 Å². The maximum absolute atomic E-state index is 12.7. The van der Waals surface area contributed by atoms with E-state index in [1.54, 1.807) is 0 Å².